The minimum absolute atomic E-state index is 0.255. The van der Waals surface area contributed by atoms with Gasteiger partial charge in [-0.3, -0.25) is 0 Å². The molecule has 0 aliphatic heterocycles. The summed E-state index contributed by atoms with van der Waals surface area (Å²) in [5, 5.41) is 0. The molecular weight excluding hydrogens is 243 g/mol. The highest BCUT2D eigenvalue weighted by molar-refractivity contribution is 6.17. The predicted molar refractivity (Wildman–Crippen MR) is 67.2 cm³/mol. The number of hydrogen-bond acceptors (Lipinski definition) is 2. The van der Waals surface area contributed by atoms with Crippen LogP contribution in [-0.2, 0) is 10.6 Å². The van der Waals surface area contributed by atoms with Crippen LogP contribution in [0.3, 0.4) is 0 Å². The number of methoxy groups -OCH3 is 1. The summed E-state index contributed by atoms with van der Waals surface area (Å²) in [6.45, 7) is 4.34. The van der Waals surface area contributed by atoms with Gasteiger partial charge in [0.15, 0.2) is 11.6 Å². The van der Waals surface area contributed by atoms with Crippen molar-refractivity contribution in [3.8, 4) is 5.75 Å². The van der Waals surface area contributed by atoms with Crippen molar-refractivity contribution < 1.29 is 13.9 Å². The second-order valence-electron chi connectivity index (χ2n) is 4.46. The van der Waals surface area contributed by atoms with Gasteiger partial charge < -0.3 is 9.47 Å². The Hall–Kier alpha value is -0.800. The summed E-state index contributed by atoms with van der Waals surface area (Å²) in [7, 11) is 1.65. The predicted octanol–water partition coefficient (Wildman–Crippen LogP) is 3.76. The number of hydrogen-bond donors (Lipinski definition) is 0. The van der Waals surface area contributed by atoms with Crippen molar-refractivity contribution >= 4 is 11.6 Å². The van der Waals surface area contributed by atoms with Crippen LogP contribution in [0.15, 0.2) is 18.2 Å². The van der Waals surface area contributed by atoms with Crippen molar-refractivity contribution in [1.82, 2.24) is 0 Å². The van der Waals surface area contributed by atoms with E-state index in [0.717, 1.165) is 5.56 Å². The Bertz CT molecular complexity index is 366. The first-order valence-corrected chi connectivity index (χ1v) is 6.04. The van der Waals surface area contributed by atoms with Crippen molar-refractivity contribution in [2.24, 2.45) is 0 Å². The highest BCUT2D eigenvalue weighted by Gasteiger charge is 2.16. The van der Waals surface area contributed by atoms with E-state index >= 15 is 0 Å². The minimum atomic E-state index is -0.377. The molecule has 0 N–H and O–H groups in total. The molecule has 1 rings (SSSR count). The molecule has 0 unspecified atom stereocenters. The topological polar surface area (TPSA) is 18.5 Å². The third-order valence-corrected chi connectivity index (χ3v) is 2.97. The number of halogens is 2. The summed E-state index contributed by atoms with van der Waals surface area (Å²) in [6.07, 6.45) is 0.695. The molecule has 0 saturated heterocycles. The highest BCUT2D eigenvalue weighted by Crippen LogP contribution is 2.21. The van der Waals surface area contributed by atoms with Gasteiger partial charge in [-0.1, -0.05) is 6.07 Å². The van der Waals surface area contributed by atoms with E-state index in [1.807, 2.05) is 13.8 Å². The fraction of sp³-hybridized carbons (Fsp3) is 0.538. The molecule has 0 saturated carbocycles. The van der Waals surface area contributed by atoms with Gasteiger partial charge in [0.25, 0.3) is 0 Å². The molecule has 2 nitrogen and oxygen atoms in total. The van der Waals surface area contributed by atoms with Gasteiger partial charge in [-0.2, -0.15) is 0 Å². The second kappa shape index (κ2) is 6.22. The fourth-order valence-corrected chi connectivity index (χ4v) is 1.42. The molecule has 0 atom stereocenters. The Morgan fingerprint density at radius 2 is 2.06 bits per heavy atom. The molecular formula is C13H18ClFO2. The Morgan fingerprint density at radius 1 is 1.35 bits per heavy atom. The zero-order valence-electron chi connectivity index (χ0n) is 10.4. The number of rotatable bonds is 6. The summed E-state index contributed by atoms with van der Waals surface area (Å²) in [5.74, 6) is 0.178. The average Bonchev–Trinajstić information content (AvgIpc) is 2.31. The van der Waals surface area contributed by atoms with E-state index in [9.17, 15) is 4.39 Å². The molecule has 96 valence electrons. The molecule has 17 heavy (non-hydrogen) atoms. The van der Waals surface area contributed by atoms with Gasteiger partial charge in [-0.25, -0.2) is 4.39 Å². The maximum Gasteiger partial charge on any atom is 0.165 e. The maximum absolute atomic E-state index is 13.5. The number of ether oxygens (including phenoxy) is 2. The van der Waals surface area contributed by atoms with Crippen molar-refractivity contribution in [1.29, 1.82) is 0 Å². The van der Waals surface area contributed by atoms with Gasteiger partial charge in [0.1, 0.15) is 0 Å². The van der Waals surface area contributed by atoms with E-state index in [4.69, 9.17) is 21.1 Å². The van der Waals surface area contributed by atoms with Crippen LogP contribution in [0.25, 0.3) is 0 Å². The summed E-state index contributed by atoms with van der Waals surface area (Å²) in [5.41, 5.74) is 0.487. The van der Waals surface area contributed by atoms with Crippen LogP contribution in [0.5, 0.6) is 5.75 Å². The fourth-order valence-electron chi connectivity index (χ4n) is 1.25. The lowest BCUT2D eigenvalue weighted by Crippen LogP contribution is -2.25. The van der Waals surface area contributed by atoms with E-state index in [-0.39, 0.29) is 17.2 Å². The molecule has 0 amide bonds. The van der Waals surface area contributed by atoms with Crippen LogP contribution in [-0.4, -0.2) is 19.3 Å². The Balaban J connectivity index is 2.52. The first-order chi connectivity index (χ1) is 7.98. The molecule has 0 spiro atoms. The quantitative estimate of drug-likeness (QED) is 0.725. The lowest BCUT2D eigenvalue weighted by molar-refractivity contribution is 0.00513. The summed E-state index contributed by atoms with van der Waals surface area (Å²) in [6, 6.07) is 4.75. The number of alkyl halides is 1. The molecule has 4 heteroatoms. The number of benzene rings is 1. The largest absolute Gasteiger partial charge is 0.490 e. The lowest BCUT2D eigenvalue weighted by atomic mass is 10.1. The molecule has 1 aromatic carbocycles. The van der Waals surface area contributed by atoms with Gasteiger partial charge >= 0.3 is 0 Å². The van der Waals surface area contributed by atoms with Crippen molar-refractivity contribution in [2.75, 3.05) is 13.7 Å². The smallest absolute Gasteiger partial charge is 0.165 e. The zero-order chi connectivity index (χ0) is 12.9. The third-order valence-electron chi connectivity index (χ3n) is 2.66. The van der Waals surface area contributed by atoms with E-state index in [0.29, 0.717) is 18.9 Å². The summed E-state index contributed by atoms with van der Waals surface area (Å²) >= 11 is 5.61. The molecule has 0 aromatic heterocycles. The Morgan fingerprint density at radius 3 is 2.59 bits per heavy atom. The Kier molecular flexibility index (Phi) is 5.22. The van der Waals surface area contributed by atoms with Crippen molar-refractivity contribution in [3.05, 3.63) is 29.6 Å². The van der Waals surface area contributed by atoms with Crippen LogP contribution >= 0.6 is 11.6 Å². The Labute approximate surface area is 107 Å². The van der Waals surface area contributed by atoms with E-state index in [1.165, 1.54) is 6.07 Å². The van der Waals surface area contributed by atoms with Gasteiger partial charge in [0.05, 0.1) is 12.2 Å². The molecule has 1 aromatic rings. The normalized spacial score (nSPS) is 11.6. The van der Waals surface area contributed by atoms with Gasteiger partial charge in [-0.15, -0.1) is 11.6 Å². The van der Waals surface area contributed by atoms with E-state index < -0.39 is 0 Å². The zero-order valence-corrected chi connectivity index (χ0v) is 11.2. The third kappa shape index (κ3) is 4.52. The first-order valence-electron chi connectivity index (χ1n) is 5.51. The van der Waals surface area contributed by atoms with Gasteiger partial charge in [0.2, 0.25) is 0 Å². The van der Waals surface area contributed by atoms with Gasteiger partial charge in [0, 0.05) is 19.4 Å². The molecule has 0 aliphatic rings. The maximum atomic E-state index is 13.5. The molecule has 0 radical (unpaired) electrons. The summed E-state index contributed by atoms with van der Waals surface area (Å²) in [4.78, 5) is 0. The molecule has 0 fully saturated rings. The monoisotopic (exact) mass is 260 g/mol. The summed E-state index contributed by atoms with van der Waals surface area (Å²) < 4.78 is 24.2. The van der Waals surface area contributed by atoms with Crippen LogP contribution < -0.4 is 4.74 Å². The molecule has 0 bridgehead atoms. The van der Waals surface area contributed by atoms with Crippen LogP contribution in [0, 0.1) is 5.82 Å². The second-order valence-corrected chi connectivity index (χ2v) is 4.73. The molecule has 0 heterocycles. The van der Waals surface area contributed by atoms with Gasteiger partial charge in [-0.05, 0) is 31.5 Å². The van der Waals surface area contributed by atoms with E-state index in [1.54, 1.807) is 19.2 Å². The highest BCUT2D eigenvalue weighted by atomic mass is 35.5. The van der Waals surface area contributed by atoms with Crippen LogP contribution in [0.2, 0.25) is 0 Å². The van der Waals surface area contributed by atoms with Crippen molar-refractivity contribution in [3.63, 3.8) is 0 Å². The SMILES string of the molecule is COC(C)(C)CCOc1ccc(CCl)cc1F. The first kappa shape index (κ1) is 14.3. The van der Waals surface area contributed by atoms with E-state index in [2.05, 4.69) is 0 Å². The van der Waals surface area contributed by atoms with Crippen molar-refractivity contribution in [2.45, 2.75) is 31.7 Å². The molecule has 0 aliphatic carbocycles. The minimum Gasteiger partial charge on any atom is -0.490 e. The standard InChI is InChI=1S/C13H18ClFO2/c1-13(2,16-3)6-7-17-12-5-4-10(9-14)8-11(12)15/h4-5,8H,6-7,9H2,1-3H3. The van der Waals surface area contributed by atoms with Crippen LogP contribution in [0.4, 0.5) is 4.39 Å². The van der Waals surface area contributed by atoms with Crippen LogP contribution in [0.1, 0.15) is 25.8 Å². The average molecular weight is 261 g/mol. The lowest BCUT2D eigenvalue weighted by Gasteiger charge is -2.22.